The number of carbonyl (C=O) groups is 1. The fourth-order valence-corrected chi connectivity index (χ4v) is 2.58. The number of benzene rings is 1. The summed E-state index contributed by atoms with van der Waals surface area (Å²) in [5.41, 5.74) is 0.886. The minimum atomic E-state index is -0.743. The van der Waals surface area contributed by atoms with Crippen LogP contribution in [-0.2, 0) is 4.79 Å². The van der Waals surface area contributed by atoms with Crippen molar-refractivity contribution in [3.8, 4) is 0 Å². The highest BCUT2D eigenvalue weighted by Crippen LogP contribution is 2.29. The van der Waals surface area contributed by atoms with Gasteiger partial charge in [-0.2, -0.15) is 0 Å². The van der Waals surface area contributed by atoms with Gasteiger partial charge in [0, 0.05) is 6.54 Å². The Morgan fingerprint density at radius 2 is 2.18 bits per heavy atom. The first-order chi connectivity index (χ1) is 8.22. The van der Waals surface area contributed by atoms with Crippen molar-refractivity contribution in [2.45, 2.75) is 25.8 Å². The van der Waals surface area contributed by atoms with E-state index < -0.39 is 12.0 Å². The van der Waals surface area contributed by atoms with E-state index in [0.717, 1.165) is 31.5 Å². The average Bonchev–Trinajstić information content (AvgIpc) is 2.79. The second kappa shape index (κ2) is 5.32. The lowest BCUT2D eigenvalue weighted by Crippen LogP contribution is -2.32. The van der Waals surface area contributed by atoms with Crippen LogP contribution in [0.3, 0.4) is 0 Å². The Morgan fingerprint density at radius 3 is 2.71 bits per heavy atom. The molecule has 1 aromatic carbocycles. The summed E-state index contributed by atoms with van der Waals surface area (Å²) in [5.74, 6) is -0.0893. The summed E-state index contributed by atoms with van der Waals surface area (Å²) in [6.07, 6.45) is 2.25. The van der Waals surface area contributed by atoms with Gasteiger partial charge in [-0.1, -0.05) is 43.7 Å². The van der Waals surface area contributed by atoms with Crippen LogP contribution in [0.1, 0.15) is 31.4 Å². The molecule has 1 aromatic rings. The van der Waals surface area contributed by atoms with Crippen molar-refractivity contribution in [1.82, 2.24) is 4.90 Å². The third-order valence-corrected chi connectivity index (χ3v) is 3.61. The highest BCUT2D eigenvalue weighted by molar-refractivity contribution is 5.75. The molecule has 0 spiro atoms. The molecule has 0 saturated carbocycles. The first-order valence-corrected chi connectivity index (χ1v) is 6.24. The van der Waals surface area contributed by atoms with Crippen molar-refractivity contribution < 1.29 is 9.90 Å². The Bertz CT molecular complexity index is 377. The molecule has 92 valence electrons. The van der Waals surface area contributed by atoms with Gasteiger partial charge in [0.05, 0.1) is 0 Å². The van der Waals surface area contributed by atoms with Gasteiger partial charge >= 0.3 is 5.97 Å². The summed E-state index contributed by atoms with van der Waals surface area (Å²) in [5, 5.41) is 9.40. The highest BCUT2D eigenvalue weighted by Gasteiger charge is 2.32. The Balaban J connectivity index is 2.17. The van der Waals surface area contributed by atoms with Gasteiger partial charge in [0.25, 0.3) is 0 Å². The fraction of sp³-hybridized carbons (Fsp3) is 0.500. The number of nitrogens with zero attached hydrogens (tertiary/aromatic N) is 1. The van der Waals surface area contributed by atoms with E-state index in [1.54, 1.807) is 0 Å². The Hall–Kier alpha value is -1.35. The first-order valence-electron chi connectivity index (χ1n) is 6.24. The summed E-state index contributed by atoms with van der Waals surface area (Å²) in [6, 6.07) is 9.04. The quantitative estimate of drug-likeness (QED) is 0.868. The van der Waals surface area contributed by atoms with Crippen molar-refractivity contribution in [2.75, 3.05) is 13.1 Å². The molecular formula is C14H19NO2. The smallest absolute Gasteiger partial charge is 0.325 e. The second-order valence-electron chi connectivity index (χ2n) is 4.71. The van der Waals surface area contributed by atoms with Crippen LogP contribution in [0.4, 0.5) is 0 Å². The minimum absolute atomic E-state index is 0.479. The van der Waals surface area contributed by atoms with E-state index in [2.05, 4.69) is 11.8 Å². The molecule has 1 aliphatic rings. The molecule has 1 aliphatic heterocycles. The number of likely N-dealkylation sites (tertiary alicyclic amines) is 1. The van der Waals surface area contributed by atoms with Gasteiger partial charge < -0.3 is 5.11 Å². The summed E-state index contributed by atoms with van der Waals surface area (Å²) in [7, 11) is 0. The molecule has 2 rings (SSSR count). The van der Waals surface area contributed by atoms with E-state index in [-0.39, 0.29) is 0 Å². The lowest BCUT2D eigenvalue weighted by Gasteiger charge is -2.24. The van der Waals surface area contributed by atoms with Gasteiger partial charge in [0.15, 0.2) is 0 Å². The minimum Gasteiger partial charge on any atom is -0.480 e. The summed E-state index contributed by atoms with van der Waals surface area (Å²) in [4.78, 5) is 13.5. The molecule has 1 fully saturated rings. The maximum absolute atomic E-state index is 11.4. The SMILES string of the molecule is CCC1CCN(C(C(=O)O)c2ccccc2)C1. The lowest BCUT2D eigenvalue weighted by molar-refractivity contribution is -0.143. The molecule has 1 heterocycles. The molecule has 17 heavy (non-hydrogen) atoms. The molecule has 2 unspecified atom stereocenters. The number of carboxylic acid groups (broad SMARTS) is 1. The molecule has 3 nitrogen and oxygen atoms in total. The van der Waals surface area contributed by atoms with Gasteiger partial charge in [-0.25, -0.2) is 0 Å². The number of hydrogen-bond donors (Lipinski definition) is 1. The number of hydrogen-bond acceptors (Lipinski definition) is 2. The molecule has 0 radical (unpaired) electrons. The molecule has 2 atom stereocenters. The van der Waals surface area contributed by atoms with Crippen LogP contribution >= 0.6 is 0 Å². The first kappa shape index (κ1) is 12.1. The highest BCUT2D eigenvalue weighted by atomic mass is 16.4. The van der Waals surface area contributed by atoms with E-state index in [0.29, 0.717) is 5.92 Å². The van der Waals surface area contributed by atoms with Crippen LogP contribution in [0.2, 0.25) is 0 Å². The average molecular weight is 233 g/mol. The topological polar surface area (TPSA) is 40.5 Å². The zero-order chi connectivity index (χ0) is 12.3. The summed E-state index contributed by atoms with van der Waals surface area (Å²) >= 11 is 0. The van der Waals surface area contributed by atoms with Crippen molar-refractivity contribution in [3.05, 3.63) is 35.9 Å². The molecule has 0 bridgehead atoms. The molecular weight excluding hydrogens is 214 g/mol. The zero-order valence-corrected chi connectivity index (χ0v) is 10.2. The van der Waals surface area contributed by atoms with Crippen LogP contribution in [0.25, 0.3) is 0 Å². The summed E-state index contributed by atoms with van der Waals surface area (Å²) < 4.78 is 0. The monoisotopic (exact) mass is 233 g/mol. The zero-order valence-electron chi connectivity index (χ0n) is 10.2. The predicted molar refractivity (Wildman–Crippen MR) is 66.8 cm³/mol. The van der Waals surface area contributed by atoms with E-state index in [9.17, 15) is 9.90 Å². The van der Waals surface area contributed by atoms with Gasteiger partial charge in [-0.15, -0.1) is 0 Å². The van der Waals surface area contributed by atoms with E-state index in [1.807, 2.05) is 30.3 Å². The normalized spacial score (nSPS) is 22.5. The standard InChI is InChI=1S/C14H19NO2/c1-2-11-8-9-15(10-11)13(14(16)17)12-6-4-3-5-7-12/h3-7,11,13H,2,8-10H2,1H3,(H,16,17). The van der Waals surface area contributed by atoms with Crippen molar-refractivity contribution in [2.24, 2.45) is 5.92 Å². The van der Waals surface area contributed by atoms with Gasteiger partial charge in [-0.3, -0.25) is 9.69 Å². The van der Waals surface area contributed by atoms with E-state index in [1.165, 1.54) is 0 Å². The molecule has 3 heteroatoms. The Morgan fingerprint density at radius 1 is 1.47 bits per heavy atom. The van der Waals surface area contributed by atoms with Crippen molar-refractivity contribution in [3.63, 3.8) is 0 Å². The second-order valence-corrected chi connectivity index (χ2v) is 4.71. The van der Waals surface area contributed by atoms with Crippen LogP contribution < -0.4 is 0 Å². The maximum atomic E-state index is 11.4. The van der Waals surface area contributed by atoms with Crippen LogP contribution in [0.5, 0.6) is 0 Å². The Kier molecular flexibility index (Phi) is 3.79. The van der Waals surface area contributed by atoms with Crippen LogP contribution in [-0.4, -0.2) is 29.1 Å². The molecule has 0 aliphatic carbocycles. The number of aliphatic carboxylic acids is 1. The van der Waals surface area contributed by atoms with Crippen LogP contribution in [0, 0.1) is 5.92 Å². The summed E-state index contributed by atoms with van der Waals surface area (Å²) in [6.45, 7) is 3.97. The maximum Gasteiger partial charge on any atom is 0.325 e. The van der Waals surface area contributed by atoms with Crippen LogP contribution in [0.15, 0.2) is 30.3 Å². The van der Waals surface area contributed by atoms with E-state index in [4.69, 9.17) is 0 Å². The molecule has 1 N–H and O–H groups in total. The van der Waals surface area contributed by atoms with E-state index >= 15 is 0 Å². The molecule has 1 saturated heterocycles. The lowest BCUT2D eigenvalue weighted by atomic mass is 10.1. The van der Waals surface area contributed by atoms with Crippen molar-refractivity contribution in [1.29, 1.82) is 0 Å². The predicted octanol–water partition coefficient (Wildman–Crippen LogP) is 2.54. The van der Waals surface area contributed by atoms with Crippen molar-refractivity contribution >= 4 is 5.97 Å². The third kappa shape index (κ3) is 2.67. The van der Waals surface area contributed by atoms with Gasteiger partial charge in [0.1, 0.15) is 6.04 Å². The largest absolute Gasteiger partial charge is 0.480 e. The third-order valence-electron chi connectivity index (χ3n) is 3.61. The van der Waals surface area contributed by atoms with Gasteiger partial charge in [-0.05, 0) is 24.4 Å². The Labute approximate surface area is 102 Å². The molecule has 0 amide bonds. The number of rotatable bonds is 4. The van der Waals surface area contributed by atoms with Gasteiger partial charge in [0.2, 0.25) is 0 Å². The molecule has 0 aromatic heterocycles. The number of carboxylic acids is 1. The fourth-order valence-electron chi connectivity index (χ4n) is 2.58.